The minimum Gasteiger partial charge on any atom is -0.497 e. The van der Waals surface area contributed by atoms with Crippen molar-refractivity contribution in [1.29, 1.82) is 0 Å². The van der Waals surface area contributed by atoms with Gasteiger partial charge >= 0.3 is 0 Å². The lowest BCUT2D eigenvalue weighted by Crippen LogP contribution is -2.02. The zero-order chi connectivity index (χ0) is 17.5. The molecule has 2 N–H and O–H groups in total. The number of benzene rings is 2. The van der Waals surface area contributed by atoms with Crippen molar-refractivity contribution in [3.05, 3.63) is 54.2 Å². The van der Waals surface area contributed by atoms with Crippen LogP contribution in [0.5, 0.6) is 11.5 Å². The number of nitrogens with zero attached hydrogens (tertiary/aromatic N) is 2. The number of methoxy groups -OCH3 is 1. The number of nitrogens with two attached hydrogens (primary N) is 1. The van der Waals surface area contributed by atoms with Gasteiger partial charge in [0.15, 0.2) is 0 Å². The summed E-state index contributed by atoms with van der Waals surface area (Å²) >= 11 is 0. The monoisotopic (exact) mass is 337 g/mol. The van der Waals surface area contributed by atoms with Gasteiger partial charge in [0.2, 0.25) is 5.95 Å². The standard InChI is InChI=1S/C20H23N3O2/c1-24-15-8-7-9-16(14-15)25-13-6-2-3-11-18-17-10-4-5-12-19(17)23-20(21)22-18/h4-5,7-10,12,14H,2-3,6,11,13H2,1H3,(H2,21,22,23). The second-order valence-electron chi connectivity index (χ2n) is 5.88. The summed E-state index contributed by atoms with van der Waals surface area (Å²) < 4.78 is 11.0. The molecule has 0 aliphatic rings. The van der Waals surface area contributed by atoms with Crippen LogP contribution in [0.4, 0.5) is 5.95 Å². The molecule has 0 saturated carbocycles. The Balaban J connectivity index is 1.46. The Hall–Kier alpha value is -2.82. The Morgan fingerprint density at radius 3 is 2.64 bits per heavy atom. The molecule has 0 spiro atoms. The van der Waals surface area contributed by atoms with Crippen molar-refractivity contribution in [2.24, 2.45) is 0 Å². The molecule has 25 heavy (non-hydrogen) atoms. The number of fused-ring (bicyclic) bond motifs is 1. The van der Waals surface area contributed by atoms with Gasteiger partial charge in [0.25, 0.3) is 0 Å². The van der Waals surface area contributed by atoms with Crippen LogP contribution >= 0.6 is 0 Å². The molecule has 0 saturated heterocycles. The topological polar surface area (TPSA) is 70.3 Å². The fourth-order valence-electron chi connectivity index (χ4n) is 2.80. The van der Waals surface area contributed by atoms with Crippen LogP contribution in [0.25, 0.3) is 10.9 Å². The molecule has 5 nitrogen and oxygen atoms in total. The maximum absolute atomic E-state index is 5.81. The summed E-state index contributed by atoms with van der Waals surface area (Å²) in [6.45, 7) is 0.694. The fourth-order valence-corrected chi connectivity index (χ4v) is 2.80. The number of nitrogen functional groups attached to an aromatic ring is 1. The highest BCUT2D eigenvalue weighted by Gasteiger charge is 2.05. The number of anilines is 1. The van der Waals surface area contributed by atoms with Crippen molar-refractivity contribution in [3.63, 3.8) is 0 Å². The highest BCUT2D eigenvalue weighted by atomic mass is 16.5. The second-order valence-corrected chi connectivity index (χ2v) is 5.88. The average molecular weight is 337 g/mol. The Morgan fingerprint density at radius 2 is 1.76 bits per heavy atom. The number of aromatic nitrogens is 2. The summed E-state index contributed by atoms with van der Waals surface area (Å²) in [6, 6.07) is 15.7. The zero-order valence-electron chi connectivity index (χ0n) is 14.4. The average Bonchev–Trinajstić information content (AvgIpc) is 2.64. The number of unbranched alkanes of at least 4 members (excludes halogenated alkanes) is 2. The predicted molar refractivity (Wildman–Crippen MR) is 100.0 cm³/mol. The maximum atomic E-state index is 5.81. The smallest absolute Gasteiger partial charge is 0.220 e. The molecule has 1 aromatic heterocycles. The van der Waals surface area contributed by atoms with E-state index in [0.717, 1.165) is 53.8 Å². The van der Waals surface area contributed by atoms with Crippen LogP contribution in [0.2, 0.25) is 0 Å². The Kier molecular flexibility index (Phi) is 5.67. The first-order valence-electron chi connectivity index (χ1n) is 8.54. The number of hydrogen-bond donors (Lipinski definition) is 1. The van der Waals surface area contributed by atoms with E-state index in [-0.39, 0.29) is 0 Å². The lowest BCUT2D eigenvalue weighted by atomic mass is 10.1. The molecule has 0 amide bonds. The molecule has 0 atom stereocenters. The molecule has 0 aliphatic heterocycles. The van der Waals surface area contributed by atoms with Gasteiger partial charge in [0, 0.05) is 11.5 Å². The van der Waals surface area contributed by atoms with Gasteiger partial charge in [-0.1, -0.05) is 24.3 Å². The van der Waals surface area contributed by atoms with Gasteiger partial charge in [0.05, 0.1) is 24.9 Å². The Bertz CT molecular complexity index is 836. The van der Waals surface area contributed by atoms with E-state index in [1.54, 1.807) is 7.11 Å². The van der Waals surface area contributed by atoms with Crippen molar-refractivity contribution in [2.45, 2.75) is 25.7 Å². The number of aryl methyl sites for hydroxylation is 1. The first kappa shape index (κ1) is 17.0. The molecule has 130 valence electrons. The van der Waals surface area contributed by atoms with Gasteiger partial charge in [-0.3, -0.25) is 0 Å². The number of ether oxygens (including phenoxy) is 2. The lowest BCUT2D eigenvalue weighted by Gasteiger charge is -2.08. The minimum absolute atomic E-state index is 0.343. The van der Waals surface area contributed by atoms with E-state index in [1.807, 2.05) is 42.5 Å². The van der Waals surface area contributed by atoms with Gasteiger partial charge in [0.1, 0.15) is 11.5 Å². The maximum Gasteiger partial charge on any atom is 0.220 e. The van der Waals surface area contributed by atoms with E-state index in [9.17, 15) is 0 Å². The van der Waals surface area contributed by atoms with Crippen molar-refractivity contribution in [2.75, 3.05) is 19.5 Å². The van der Waals surface area contributed by atoms with E-state index in [1.165, 1.54) is 0 Å². The molecular formula is C20H23N3O2. The Labute approximate surface area is 147 Å². The van der Waals surface area contributed by atoms with Crippen LogP contribution in [0, 0.1) is 0 Å². The zero-order valence-corrected chi connectivity index (χ0v) is 14.4. The molecule has 0 unspecified atom stereocenters. The molecule has 0 aliphatic carbocycles. The molecule has 3 rings (SSSR count). The number of hydrogen-bond acceptors (Lipinski definition) is 5. The summed E-state index contributed by atoms with van der Waals surface area (Å²) in [7, 11) is 1.66. The molecule has 0 bridgehead atoms. The summed E-state index contributed by atoms with van der Waals surface area (Å²) in [5.74, 6) is 2.00. The largest absolute Gasteiger partial charge is 0.497 e. The van der Waals surface area contributed by atoms with E-state index in [0.29, 0.717) is 12.6 Å². The fraction of sp³-hybridized carbons (Fsp3) is 0.300. The minimum atomic E-state index is 0.343. The van der Waals surface area contributed by atoms with Crippen LogP contribution < -0.4 is 15.2 Å². The van der Waals surface area contributed by atoms with E-state index in [2.05, 4.69) is 16.0 Å². The van der Waals surface area contributed by atoms with E-state index >= 15 is 0 Å². The number of rotatable bonds is 8. The van der Waals surface area contributed by atoms with Gasteiger partial charge in [-0.05, 0) is 43.9 Å². The Morgan fingerprint density at radius 1 is 0.920 bits per heavy atom. The van der Waals surface area contributed by atoms with Crippen molar-refractivity contribution < 1.29 is 9.47 Å². The quantitative estimate of drug-likeness (QED) is 0.629. The first-order valence-corrected chi connectivity index (χ1v) is 8.54. The van der Waals surface area contributed by atoms with Crippen molar-refractivity contribution >= 4 is 16.9 Å². The van der Waals surface area contributed by atoms with Gasteiger partial charge in [-0.2, -0.15) is 0 Å². The van der Waals surface area contributed by atoms with Crippen LogP contribution in [0.3, 0.4) is 0 Å². The molecule has 1 heterocycles. The summed E-state index contributed by atoms with van der Waals surface area (Å²) in [5.41, 5.74) is 7.75. The van der Waals surface area contributed by atoms with Gasteiger partial charge < -0.3 is 15.2 Å². The van der Waals surface area contributed by atoms with Crippen LogP contribution in [-0.2, 0) is 6.42 Å². The first-order chi connectivity index (χ1) is 12.3. The normalized spacial score (nSPS) is 10.8. The molecular weight excluding hydrogens is 314 g/mol. The molecule has 0 radical (unpaired) electrons. The molecule has 5 heteroatoms. The molecule has 3 aromatic rings. The number of para-hydroxylation sites is 1. The van der Waals surface area contributed by atoms with Crippen LogP contribution in [-0.4, -0.2) is 23.7 Å². The predicted octanol–water partition coefficient (Wildman–Crippen LogP) is 4.01. The SMILES string of the molecule is COc1cccc(OCCCCCc2nc(N)nc3ccccc23)c1. The highest BCUT2D eigenvalue weighted by molar-refractivity contribution is 5.81. The van der Waals surface area contributed by atoms with Gasteiger partial charge in [-0.15, -0.1) is 0 Å². The molecule has 0 fully saturated rings. The van der Waals surface area contributed by atoms with Crippen LogP contribution in [0.1, 0.15) is 25.0 Å². The second kappa shape index (κ2) is 8.33. The highest BCUT2D eigenvalue weighted by Crippen LogP contribution is 2.20. The van der Waals surface area contributed by atoms with Gasteiger partial charge in [-0.25, -0.2) is 9.97 Å². The van der Waals surface area contributed by atoms with Crippen molar-refractivity contribution in [1.82, 2.24) is 9.97 Å². The third-order valence-corrected chi connectivity index (χ3v) is 4.07. The third kappa shape index (κ3) is 4.59. The molecule has 2 aromatic carbocycles. The van der Waals surface area contributed by atoms with Crippen LogP contribution in [0.15, 0.2) is 48.5 Å². The third-order valence-electron chi connectivity index (χ3n) is 4.07. The summed E-state index contributed by atoms with van der Waals surface area (Å²) in [4.78, 5) is 8.69. The van der Waals surface area contributed by atoms with E-state index in [4.69, 9.17) is 15.2 Å². The summed E-state index contributed by atoms with van der Waals surface area (Å²) in [5, 5.41) is 1.09. The van der Waals surface area contributed by atoms with Crippen molar-refractivity contribution in [3.8, 4) is 11.5 Å². The lowest BCUT2D eigenvalue weighted by molar-refractivity contribution is 0.303. The van der Waals surface area contributed by atoms with E-state index < -0.39 is 0 Å². The summed E-state index contributed by atoms with van der Waals surface area (Å²) in [6.07, 6.45) is 4.01.